The molecule has 0 bridgehead atoms. The summed E-state index contributed by atoms with van der Waals surface area (Å²) in [6, 6.07) is 15.0. The third-order valence-corrected chi connectivity index (χ3v) is 10.8. The summed E-state index contributed by atoms with van der Waals surface area (Å²) in [5.74, 6) is -4.97. The van der Waals surface area contributed by atoms with E-state index in [0.29, 0.717) is 17.5 Å². The second-order valence-corrected chi connectivity index (χ2v) is 14.4. The van der Waals surface area contributed by atoms with Gasteiger partial charge in [-0.3, -0.25) is 34.2 Å². The van der Waals surface area contributed by atoms with E-state index < -0.39 is 59.0 Å². The molecule has 4 aliphatic rings. The number of carbonyl (C=O) groups is 5. The lowest BCUT2D eigenvalue weighted by Gasteiger charge is -2.34. The molecular weight excluding hydrogens is 728 g/mol. The SMILES string of the molecule is NC(=O)c1nnc(Oc2cccc(F)c2F)nc1Nc1ccc(C2CCN(CC3CCN(c4ccc5c(c4)C(=O)N(C4CCC(=O)NC4=O)C5=O)C3)CC2)cc1. The van der Waals surface area contributed by atoms with Crippen LogP contribution in [0.5, 0.6) is 11.8 Å². The van der Waals surface area contributed by atoms with Crippen LogP contribution >= 0.6 is 0 Å². The van der Waals surface area contributed by atoms with Crippen molar-refractivity contribution >= 4 is 46.7 Å². The highest BCUT2D eigenvalue weighted by molar-refractivity contribution is 6.23. The standard InChI is InChI=1S/C39H37F2N9O6/c40-28-2-1-3-30(32(28)41)56-39-45-35(33(34(42)52)46-47-39)43-24-6-4-22(5-7-24)23-13-15-48(16-14-23)19-21-12-17-49(20-21)25-8-9-26-27(18-25)38(55)50(37(26)54)29-10-11-31(51)44-36(29)53/h1-9,18,21,23,29H,10-17,19-20H2,(H2,42,52)(H,43,45,47)(H,44,51,53). The molecule has 56 heavy (non-hydrogen) atoms. The van der Waals surface area contributed by atoms with Crippen LogP contribution in [-0.4, -0.2) is 93.3 Å². The molecule has 5 heterocycles. The molecule has 0 spiro atoms. The predicted molar refractivity (Wildman–Crippen MR) is 196 cm³/mol. The van der Waals surface area contributed by atoms with Gasteiger partial charge in [-0.1, -0.05) is 23.3 Å². The van der Waals surface area contributed by atoms with Crippen molar-refractivity contribution in [2.45, 2.75) is 44.1 Å². The van der Waals surface area contributed by atoms with E-state index in [1.165, 1.54) is 17.7 Å². The topological polar surface area (TPSA) is 193 Å². The van der Waals surface area contributed by atoms with Crippen molar-refractivity contribution in [2.75, 3.05) is 42.9 Å². The van der Waals surface area contributed by atoms with Crippen LogP contribution in [0.3, 0.4) is 0 Å². The molecule has 5 amide bonds. The lowest BCUT2D eigenvalue weighted by atomic mass is 9.89. The average Bonchev–Trinajstić information content (AvgIpc) is 3.75. The fourth-order valence-electron chi connectivity index (χ4n) is 7.93. The van der Waals surface area contributed by atoms with Gasteiger partial charge in [-0.25, -0.2) is 4.39 Å². The van der Waals surface area contributed by atoms with Crippen LogP contribution < -0.4 is 26.0 Å². The molecule has 288 valence electrons. The minimum Gasteiger partial charge on any atom is -0.420 e. The van der Waals surface area contributed by atoms with E-state index >= 15 is 0 Å². The van der Waals surface area contributed by atoms with Crippen molar-refractivity contribution in [1.82, 2.24) is 30.3 Å². The number of fused-ring (bicyclic) bond motifs is 1. The first kappa shape index (κ1) is 36.6. The van der Waals surface area contributed by atoms with Crippen molar-refractivity contribution in [3.05, 3.63) is 94.7 Å². The van der Waals surface area contributed by atoms with Crippen molar-refractivity contribution in [3.63, 3.8) is 0 Å². The molecule has 17 heteroatoms. The zero-order valence-electron chi connectivity index (χ0n) is 30.0. The first-order chi connectivity index (χ1) is 27.0. The van der Waals surface area contributed by atoms with Crippen LogP contribution in [0.15, 0.2) is 60.7 Å². The van der Waals surface area contributed by atoms with Gasteiger partial charge in [-0.15, -0.1) is 5.10 Å². The predicted octanol–water partition coefficient (Wildman–Crippen LogP) is 3.89. The number of primary amides is 1. The molecular formula is C39H37F2N9O6. The van der Waals surface area contributed by atoms with E-state index in [1.807, 2.05) is 30.3 Å². The van der Waals surface area contributed by atoms with E-state index in [2.05, 4.69) is 35.6 Å². The molecule has 3 saturated heterocycles. The highest BCUT2D eigenvalue weighted by Gasteiger charge is 2.45. The molecule has 0 saturated carbocycles. The number of likely N-dealkylation sites (tertiary alicyclic amines) is 1. The summed E-state index contributed by atoms with van der Waals surface area (Å²) in [6.07, 6.45) is 3.14. The summed E-state index contributed by atoms with van der Waals surface area (Å²) in [5.41, 5.74) is 8.40. The summed E-state index contributed by atoms with van der Waals surface area (Å²) >= 11 is 0. The third kappa shape index (κ3) is 7.24. The van der Waals surface area contributed by atoms with Crippen LogP contribution in [-0.2, 0) is 9.59 Å². The first-order valence-corrected chi connectivity index (χ1v) is 18.4. The zero-order valence-corrected chi connectivity index (χ0v) is 30.0. The number of amides is 5. The smallest absolute Gasteiger partial charge is 0.343 e. The number of halogens is 2. The maximum absolute atomic E-state index is 14.1. The Hall–Kier alpha value is -6.36. The van der Waals surface area contributed by atoms with Crippen molar-refractivity contribution in [1.29, 1.82) is 0 Å². The molecule has 8 rings (SSSR count). The molecule has 0 aliphatic carbocycles. The molecule has 4 N–H and O–H groups in total. The molecule has 2 unspecified atom stereocenters. The number of ether oxygens (including phenoxy) is 1. The minimum absolute atomic E-state index is 0.0537. The number of piperidine rings is 2. The van der Waals surface area contributed by atoms with Crippen molar-refractivity contribution in [2.24, 2.45) is 11.7 Å². The largest absolute Gasteiger partial charge is 0.420 e. The van der Waals surface area contributed by atoms with Gasteiger partial charge >= 0.3 is 6.01 Å². The lowest BCUT2D eigenvalue weighted by molar-refractivity contribution is -0.136. The number of benzene rings is 3. The Morgan fingerprint density at radius 3 is 2.43 bits per heavy atom. The molecule has 15 nitrogen and oxygen atoms in total. The monoisotopic (exact) mass is 765 g/mol. The maximum atomic E-state index is 14.1. The molecule has 0 radical (unpaired) electrons. The number of nitrogens with zero attached hydrogens (tertiary/aromatic N) is 6. The third-order valence-electron chi connectivity index (χ3n) is 10.8. The Labute approximate surface area is 319 Å². The Bertz CT molecular complexity index is 2250. The molecule has 1 aromatic heterocycles. The van der Waals surface area contributed by atoms with Gasteiger partial charge in [-0.05, 0) is 98.6 Å². The number of anilines is 3. The van der Waals surface area contributed by atoms with E-state index in [4.69, 9.17) is 10.5 Å². The number of hydrogen-bond donors (Lipinski definition) is 3. The van der Waals surface area contributed by atoms with Crippen LogP contribution in [0.1, 0.15) is 74.8 Å². The van der Waals surface area contributed by atoms with Crippen molar-refractivity contribution < 1.29 is 37.5 Å². The summed E-state index contributed by atoms with van der Waals surface area (Å²) in [5, 5.41) is 12.7. The van der Waals surface area contributed by atoms with Gasteiger partial charge in [0.15, 0.2) is 23.1 Å². The number of hydrogen-bond acceptors (Lipinski definition) is 12. The van der Waals surface area contributed by atoms with Gasteiger partial charge < -0.3 is 25.6 Å². The highest BCUT2D eigenvalue weighted by atomic mass is 19.2. The minimum atomic E-state index is -1.22. The van der Waals surface area contributed by atoms with Crippen LogP contribution in [0, 0.1) is 17.6 Å². The number of nitrogens with one attached hydrogen (secondary N) is 2. The second-order valence-electron chi connectivity index (χ2n) is 14.4. The van der Waals surface area contributed by atoms with Gasteiger partial charge in [0.1, 0.15) is 6.04 Å². The molecule has 3 fully saturated rings. The number of carbonyl (C=O) groups excluding carboxylic acids is 5. The molecule has 2 atom stereocenters. The van der Waals surface area contributed by atoms with Crippen molar-refractivity contribution in [3.8, 4) is 11.8 Å². The van der Waals surface area contributed by atoms with E-state index in [9.17, 15) is 32.8 Å². The highest BCUT2D eigenvalue weighted by Crippen LogP contribution is 2.35. The Morgan fingerprint density at radius 2 is 1.68 bits per heavy atom. The quantitative estimate of drug-likeness (QED) is 0.198. The Morgan fingerprint density at radius 1 is 0.911 bits per heavy atom. The molecule has 4 aromatic rings. The average molecular weight is 766 g/mol. The summed E-state index contributed by atoms with van der Waals surface area (Å²) < 4.78 is 33.1. The van der Waals surface area contributed by atoms with E-state index in [0.717, 1.165) is 68.6 Å². The number of imide groups is 2. The lowest BCUT2D eigenvalue weighted by Crippen LogP contribution is -2.54. The number of rotatable bonds is 10. The van der Waals surface area contributed by atoms with Gasteiger partial charge in [0.25, 0.3) is 17.7 Å². The Kier molecular flexibility index (Phi) is 9.84. The second kappa shape index (κ2) is 15.1. The normalized spacial score (nSPS) is 20.3. The van der Waals surface area contributed by atoms with Gasteiger partial charge in [0.2, 0.25) is 17.6 Å². The summed E-state index contributed by atoms with van der Waals surface area (Å²) in [6.45, 7) is 4.47. The van der Waals surface area contributed by atoms with Crippen LogP contribution in [0.25, 0.3) is 0 Å². The van der Waals surface area contributed by atoms with E-state index in [-0.39, 0.29) is 35.5 Å². The zero-order chi connectivity index (χ0) is 39.1. The fourth-order valence-corrected chi connectivity index (χ4v) is 7.93. The number of nitrogens with two attached hydrogens (primary N) is 1. The Balaban J connectivity index is 0.839. The summed E-state index contributed by atoms with van der Waals surface area (Å²) in [4.78, 5) is 72.4. The number of aromatic nitrogens is 3. The molecule has 3 aromatic carbocycles. The van der Waals surface area contributed by atoms with Crippen LogP contribution in [0.4, 0.5) is 26.0 Å². The van der Waals surface area contributed by atoms with Gasteiger partial charge in [0.05, 0.1) is 11.1 Å². The van der Waals surface area contributed by atoms with Gasteiger partial charge in [-0.2, -0.15) is 9.37 Å². The summed E-state index contributed by atoms with van der Waals surface area (Å²) in [7, 11) is 0. The first-order valence-electron chi connectivity index (χ1n) is 18.4. The van der Waals surface area contributed by atoms with Gasteiger partial charge in [0, 0.05) is 37.4 Å². The maximum Gasteiger partial charge on any atom is 0.343 e. The molecule has 4 aliphatic heterocycles. The van der Waals surface area contributed by atoms with E-state index in [1.54, 1.807) is 12.1 Å². The van der Waals surface area contributed by atoms with Crippen LogP contribution in [0.2, 0.25) is 0 Å². The fraction of sp³-hybridized carbons (Fsp3) is 0.333.